The number of urea groups is 1. The summed E-state index contributed by atoms with van der Waals surface area (Å²) >= 11 is 0. The molecule has 1 aliphatic rings. The lowest BCUT2D eigenvalue weighted by atomic mass is 9.97. The van der Waals surface area contributed by atoms with Gasteiger partial charge in [0.1, 0.15) is 6.61 Å². The van der Waals surface area contributed by atoms with Gasteiger partial charge in [0.2, 0.25) is 0 Å². The van der Waals surface area contributed by atoms with Crippen molar-refractivity contribution < 1.29 is 32.2 Å². The van der Waals surface area contributed by atoms with Crippen LogP contribution in [0.15, 0.2) is 24.3 Å². The molecular formula is C19H25F3N2O4. The molecule has 1 aliphatic heterocycles. The fourth-order valence-corrected chi connectivity index (χ4v) is 2.91. The minimum atomic E-state index is -4.34. The second-order valence-corrected chi connectivity index (χ2v) is 6.60. The molecular weight excluding hydrogens is 377 g/mol. The first-order valence-corrected chi connectivity index (χ1v) is 9.20. The number of carbonyl (C=O) groups is 2. The molecule has 28 heavy (non-hydrogen) atoms. The zero-order valence-corrected chi connectivity index (χ0v) is 15.8. The van der Waals surface area contributed by atoms with E-state index in [2.05, 4.69) is 10.1 Å². The van der Waals surface area contributed by atoms with Gasteiger partial charge in [0.25, 0.3) is 0 Å². The lowest BCUT2D eigenvalue weighted by molar-refractivity contribution is -0.176. The van der Waals surface area contributed by atoms with Gasteiger partial charge in [-0.3, -0.25) is 4.79 Å². The lowest BCUT2D eigenvalue weighted by Gasteiger charge is -2.30. The number of likely N-dealkylation sites (tertiary alicyclic amines) is 1. The number of benzene rings is 1. The van der Waals surface area contributed by atoms with Crippen molar-refractivity contribution in [3.05, 3.63) is 35.4 Å². The van der Waals surface area contributed by atoms with Crippen molar-refractivity contribution in [2.24, 2.45) is 5.92 Å². The van der Waals surface area contributed by atoms with Crippen LogP contribution in [0.5, 0.6) is 0 Å². The van der Waals surface area contributed by atoms with E-state index in [1.807, 2.05) is 0 Å². The Morgan fingerprint density at radius 3 is 2.32 bits per heavy atom. The van der Waals surface area contributed by atoms with Gasteiger partial charge in [-0.05, 0) is 30.9 Å². The highest BCUT2D eigenvalue weighted by Gasteiger charge is 2.28. The van der Waals surface area contributed by atoms with Crippen LogP contribution in [0.2, 0.25) is 0 Å². The van der Waals surface area contributed by atoms with E-state index in [4.69, 9.17) is 4.74 Å². The summed E-state index contributed by atoms with van der Waals surface area (Å²) < 4.78 is 45.8. The van der Waals surface area contributed by atoms with E-state index in [9.17, 15) is 22.8 Å². The van der Waals surface area contributed by atoms with Gasteiger partial charge in [-0.15, -0.1) is 0 Å². The molecule has 1 heterocycles. The smallest absolute Gasteiger partial charge is 0.411 e. The summed E-state index contributed by atoms with van der Waals surface area (Å²) in [7, 11) is 0. The minimum absolute atomic E-state index is 0.123. The van der Waals surface area contributed by atoms with E-state index in [0.29, 0.717) is 44.6 Å². The number of esters is 1. The second kappa shape index (κ2) is 10.3. The van der Waals surface area contributed by atoms with Gasteiger partial charge >= 0.3 is 18.2 Å². The quantitative estimate of drug-likeness (QED) is 0.711. The van der Waals surface area contributed by atoms with Gasteiger partial charge in [0.15, 0.2) is 0 Å². The number of alkyl halides is 3. The maximum Gasteiger partial charge on any atom is 0.411 e. The number of hydrogen-bond donors (Lipinski definition) is 1. The number of carbonyl (C=O) groups excluding carboxylic acids is 2. The van der Waals surface area contributed by atoms with Gasteiger partial charge in [-0.1, -0.05) is 24.3 Å². The van der Waals surface area contributed by atoms with Crippen molar-refractivity contribution in [3.63, 3.8) is 0 Å². The maximum atomic E-state index is 12.2. The zero-order valence-electron chi connectivity index (χ0n) is 15.8. The number of piperidine rings is 1. The summed E-state index contributed by atoms with van der Waals surface area (Å²) in [5, 5.41) is 2.81. The standard InChI is InChI=1S/C19H25F3N2O4/c1-2-28-17(25)16-7-9-24(10-8-16)18(26)23-11-14-3-5-15(6-4-14)12-27-13-19(20,21)22/h3-6,16H,2,7-13H2,1H3,(H,23,26). The molecule has 0 bridgehead atoms. The molecule has 0 aromatic heterocycles. The molecule has 1 saturated heterocycles. The van der Waals surface area contributed by atoms with Crippen molar-refractivity contribution in [1.29, 1.82) is 0 Å². The summed E-state index contributed by atoms with van der Waals surface area (Å²) in [6.07, 6.45) is -3.17. The fraction of sp³-hybridized carbons (Fsp3) is 0.579. The summed E-state index contributed by atoms with van der Waals surface area (Å²) in [5.74, 6) is -0.363. The molecule has 0 radical (unpaired) electrons. The van der Waals surface area contributed by atoms with E-state index in [1.54, 1.807) is 36.1 Å². The normalized spacial score (nSPS) is 15.4. The summed E-state index contributed by atoms with van der Waals surface area (Å²) in [6.45, 7) is 2.00. The van der Waals surface area contributed by atoms with Crippen LogP contribution in [0, 0.1) is 5.92 Å². The first-order valence-electron chi connectivity index (χ1n) is 9.20. The highest BCUT2D eigenvalue weighted by molar-refractivity contribution is 5.76. The highest BCUT2D eigenvalue weighted by atomic mass is 19.4. The van der Waals surface area contributed by atoms with Gasteiger partial charge in [-0.25, -0.2) is 4.79 Å². The minimum Gasteiger partial charge on any atom is -0.466 e. The Balaban J connectivity index is 1.71. The molecule has 156 valence electrons. The second-order valence-electron chi connectivity index (χ2n) is 6.60. The van der Waals surface area contributed by atoms with E-state index in [-0.39, 0.29) is 24.5 Å². The van der Waals surface area contributed by atoms with Crippen LogP contribution in [0.1, 0.15) is 30.9 Å². The Morgan fingerprint density at radius 2 is 1.75 bits per heavy atom. The monoisotopic (exact) mass is 402 g/mol. The first-order chi connectivity index (χ1) is 13.3. The third-order valence-electron chi connectivity index (χ3n) is 4.40. The highest BCUT2D eigenvalue weighted by Crippen LogP contribution is 2.19. The molecule has 0 aliphatic carbocycles. The van der Waals surface area contributed by atoms with Crippen molar-refractivity contribution in [2.45, 2.75) is 39.1 Å². The molecule has 0 unspecified atom stereocenters. The van der Waals surface area contributed by atoms with Gasteiger partial charge in [-0.2, -0.15) is 13.2 Å². The number of nitrogens with one attached hydrogen (secondary N) is 1. The molecule has 9 heteroatoms. The Labute approximate surface area is 162 Å². The molecule has 0 atom stereocenters. The van der Waals surface area contributed by atoms with Gasteiger partial charge in [0, 0.05) is 19.6 Å². The number of halogens is 3. The van der Waals surface area contributed by atoms with Crippen molar-refractivity contribution in [3.8, 4) is 0 Å². The Hall–Kier alpha value is -2.29. The Bertz CT molecular complexity index is 642. The summed E-state index contributed by atoms with van der Waals surface area (Å²) in [6, 6.07) is 6.60. The largest absolute Gasteiger partial charge is 0.466 e. The average Bonchev–Trinajstić information content (AvgIpc) is 2.66. The van der Waals surface area contributed by atoms with Crippen LogP contribution in [0.25, 0.3) is 0 Å². The number of rotatable bonds is 7. The van der Waals surface area contributed by atoms with E-state index in [1.165, 1.54) is 0 Å². The van der Waals surface area contributed by atoms with Crippen LogP contribution in [-0.2, 0) is 27.4 Å². The number of nitrogens with zero attached hydrogens (tertiary/aromatic N) is 1. The topological polar surface area (TPSA) is 67.9 Å². The van der Waals surface area contributed by atoms with Gasteiger partial charge < -0.3 is 19.7 Å². The van der Waals surface area contributed by atoms with Gasteiger partial charge in [0.05, 0.1) is 19.1 Å². The third kappa shape index (κ3) is 7.38. The van der Waals surface area contributed by atoms with Crippen molar-refractivity contribution in [2.75, 3.05) is 26.3 Å². The van der Waals surface area contributed by atoms with E-state index in [0.717, 1.165) is 5.56 Å². The molecule has 1 aromatic carbocycles. The molecule has 2 rings (SSSR count). The fourth-order valence-electron chi connectivity index (χ4n) is 2.91. The number of ether oxygens (including phenoxy) is 2. The Kier molecular flexibility index (Phi) is 8.10. The maximum absolute atomic E-state index is 12.2. The van der Waals surface area contributed by atoms with Crippen LogP contribution in [-0.4, -0.2) is 49.4 Å². The summed E-state index contributed by atoms with van der Waals surface area (Å²) in [5.41, 5.74) is 1.45. The van der Waals surface area contributed by atoms with Crippen LogP contribution in [0.4, 0.5) is 18.0 Å². The van der Waals surface area contributed by atoms with E-state index < -0.39 is 12.8 Å². The number of hydrogen-bond acceptors (Lipinski definition) is 4. The molecule has 1 N–H and O–H groups in total. The molecule has 1 aromatic rings. The predicted octanol–water partition coefficient (Wildman–Crippen LogP) is 3.25. The first kappa shape index (κ1) is 22.0. The van der Waals surface area contributed by atoms with Crippen molar-refractivity contribution in [1.82, 2.24) is 10.2 Å². The molecule has 1 fully saturated rings. The van der Waals surface area contributed by atoms with Crippen LogP contribution in [0.3, 0.4) is 0 Å². The molecule has 0 saturated carbocycles. The van der Waals surface area contributed by atoms with Crippen molar-refractivity contribution >= 4 is 12.0 Å². The SMILES string of the molecule is CCOC(=O)C1CCN(C(=O)NCc2ccc(COCC(F)(F)F)cc2)CC1. The third-order valence-corrected chi connectivity index (χ3v) is 4.40. The summed E-state index contributed by atoms with van der Waals surface area (Å²) in [4.78, 5) is 25.6. The molecule has 6 nitrogen and oxygen atoms in total. The van der Waals surface area contributed by atoms with Crippen LogP contribution < -0.4 is 5.32 Å². The van der Waals surface area contributed by atoms with Crippen LogP contribution >= 0.6 is 0 Å². The van der Waals surface area contributed by atoms with E-state index >= 15 is 0 Å². The zero-order chi connectivity index (χ0) is 20.6. The number of amides is 2. The predicted molar refractivity (Wildman–Crippen MR) is 95.3 cm³/mol. The molecule has 0 spiro atoms. The molecule has 2 amide bonds. The average molecular weight is 402 g/mol. The Morgan fingerprint density at radius 1 is 1.14 bits per heavy atom. The lowest BCUT2D eigenvalue weighted by Crippen LogP contribution is -2.45.